The van der Waals surface area contributed by atoms with E-state index in [4.69, 9.17) is 8.84 Å². The number of rotatable bonds is 2. The van der Waals surface area contributed by atoms with Gasteiger partial charge in [0, 0.05) is 6.07 Å². The van der Waals surface area contributed by atoms with Crippen LogP contribution in [0, 0.1) is 0 Å². The summed E-state index contributed by atoms with van der Waals surface area (Å²) in [5.74, 6) is 0.979. The lowest BCUT2D eigenvalue weighted by Crippen LogP contribution is -2.43. The molecule has 0 fully saturated rings. The fourth-order valence-corrected chi connectivity index (χ4v) is 2.53. The van der Waals surface area contributed by atoms with Gasteiger partial charge in [-0.2, -0.15) is 0 Å². The molecule has 18 heavy (non-hydrogen) atoms. The summed E-state index contributed by atoms with van der Waals surface area (Å²) in [5.41, 5.74) is 0.656. The third-order valence-corrected chi connectivity index (χ3v) is 8.06. The van der Waals surface area contributed by atoms with Crippen molar-refractivity contribution in [3.05, 3.63) is 24.5 Å². The lowest BCUT2D eigenvalue weighted by Gasteiger charge is -2.36. The van der Waals surface area contributed by atoms with Crippen LogP contribution in [0.2, 0.25) is 18.1 Å². The standard InChI is InChI=1S/C14H20O3Si/c1-14(2,3)18(4,5)17-10-6-7-11-12(15)9-16-13(11)8-10/h6-9,15H,1-5H3. The van der Waals surface area contributed by atoms with Gasteiger partial charge in [-0.1, -0.05) is 20.8 Å². The molecule has 2 aromatic rings. The zero-order valence-corrected chi connectivity index (χ0v) is 12.6. The zero-order chi connectivity index (χ0) is 13.6. The van der Waals surface area contributed by atoms with Gasteiger partial charge < -0.3 is 13.9 Å². The minimum atomic E-state index is -1.83. The first-order valence-corrected chi connectivity index (χ1v) is 9.01. The summed E-state index contributed by atoms with van der Waals surface area (Å²) in [6.45, 7) is 11.0. The molecule has 0 saturated heterocycles. The maximum absolute atomic E-state index is 9.54. The first kappa shape index (κ1) is 13.0. The van der Waals surface area contributed by atoms with Gasteiger partial charge in [-0.15, -0.1) is 0 Å². The molecule has 1 N–H and O–H groups in total. The lowest BCUT2D eigenvalue weighted by molar-refractivity contribution is 0.464. The van der Waals surface area contributed by atoms with Crippen LogP contribution in [-0.2, 0) is 0 Å². The molecule has 0 bridgehead atoms. The number of hydrogen-bond acceptors (Lipinski definition) is 3. The van der Waals surface area contributed by atoms with E-state index in [2.05, 4.69) is 33.9 Å². The predicted molar refractivity (Wildman–Crippen MR) is 75.7 cm³/mol. The summed E-state index contributed by atoms with van der Waals surface area (Å²) in [6, 6.07) is 5.56. The normalized spacial score (nSPS) is 12.9. The van der Waals surface area contributed by atoms with Crippen molar-refractivity contribution in [3.63, 3.8) is 0 Å². The fraction of sp³-hybridized carbons (Fsp3) is 0.429. The van der Waals surface area contributed by atoms with Crippen molar-refractivity contribution in [3.8, 4) is 11.5 Å². The van der Waals surface area contributed by atoms with Crippen LogP contribution < -0.4 is 4.43 Å². The molecule has 0 aliphatic heterocycles. The van der Waals surface area contributed by atoms with Crippen LogP contribution in [0.1, 0.15) is 20.8 Å². The SMILES string of the molecule is CC(C)(C)[Si](C)(C)Oc1ccc2c(O)coc2c1. The molecule has 4 heteroatoms. The molecule has 0 unspecified atom stereocenters. The van der Waals surface area contributed by atoms with Crippen LogP contribution in [0.4, 0.5) is 0 Å². The van der Waals surface area contributed by atoms with Gasteiger partial charge in [0.1, 0.15) is 17.6 Å². The zero-order valence-electron chi connectivity index (χ0n) is 11.6. The Balaban J connectivity index is 2.33. The molecule has 0 atom stereocenters. The van der Waals surface area contributed by atoms with E-state index in [0.717, 1.165) is 11.1 Å². The van der Waals surface area contributed by atoms with Gasteiger partial charge in [-0.25, -0.2) is 0 Å². The Bertz CT molecular complexity index is 564. The van der Waals surface area contributed by atoms with Crippen LogP contribution in [0.25, 0.3) is 11.0 Å². The van der Waals surface area contributed by atoms with E-state index >= 15 is 0 Å². The molecule has 1 heterocycles. The molecule has 1 aromatic carbocycles. The molecule has 0 amide bonds. The summed E-state index contributed by atoms with van der Waals surface area (Å²) in [4.78, 5) is 0. The van der Waals surface area contributed by atoms with E-state index in [9.17, 15) is 5.11 Å². The van der Waals surface area contributed by atoms with E-state index in [-0.39, 0.29) is 10.8 Å². The minimum Gasteiger partial charge on any atom is -0.543 e. The van der Waals surface area contributed by atoms with Gasteiger partial charge in [-0.3, -0.25) is 0 Å². The highest BCUT2D eigenvalue weighted by Gasteiger charge is 2.39. The molecule has 1 aromatic heterocycles. The third-order valence-electron chi connectivity index (χ3n) is 3.71. The van der Waals surface area contributed by atoms with E-state index in [1.165, 1.54) is 6.26 Å². The first-order chi connectivity index (χ1) is 8.21. The van der Waals surface area contributed by atoms with Crippen LogP contribution >= 0.6 is 0 Å². The second-order valence-corrected chi connectivity index (χ2v) is 10.9. The molecule has 0 saturated carbocycles. The lowest BCUT2D eigenvalue weighted by atomic mass is 10.2. The predicted octanol–water partition coefficient (Wildman–Crippen LogP) is 4.52. The van der Waals surface area contributed by atoms with Crippen molar-refractivity contribution in [1.82, 2.24) is 0 Å². The highest BCUT2D eigenvalue weighted by atomic mass is 28.4. The molecular formula is C14H20O3Si. The second-order valence-electron chi connectivity index (χ2n) is 6.14. The van der Waals surface area contributed by atoms with Gasteiger partial charge in [0.25, 0.3) is 0 Å². The largest absolute Gasteiger partial charge is 0.543 e. The van der Waals surface area contributed by atoms with E-state index in [0.29, 0.717) is 5.58 Å². The Morgan fingerprint density at radius 1 is 1.22 bits per heavy atom. The summed E-state index contributed by atoms with van der Waals surface area (Å²) >= 11 is 0. The maximum Gasteiger partial charge on any atom is 0.250 e. The van der Waals surface area contributed by atoms with Crippen molar-refractivity contribution < 1.29 is 13.9 Å². The molecule has 0 spiro atoms. The van der Waals surface area contributed by atoms with Gasteiger partial charge in [0.15, 0.2) is 5.75 Å². The monoisotopic (exact) mass is 264 g/mol. The van der Waals surface area contributed by atoms with Crippen molar-refractivity contribution in [2.75, 3.05) is 0 Å². The van der Waals surface area contributed by atoms with E-state index in [1.807, 2.05) is 18.2 Å². The smallest absolute Gasteiger partial charge is 0.250 e. The number of fused-ring (bicyclic) bond motifs is 1. The summed E-state index contributed by atoms with van der Waals surface area (Å²) in [6.07, 6.45) is 1.35. The average Bonchev–Trinajstić information content (AvgIpc) is 2.58. The summed E-state index contributed by atoms with van der Waals surface area (Å²) in [5, 5.41) is 10.4. The highest BCUT2D eigenvalue weighted by molar-refractivity contribution is 6.74. The first-order valence-electron chi connectivity index (χ1n) is 6.10. The molecular weight excluding hydrogens is 244 g/mol. The molecule has 0 aliphatic rings. The number of hydrogen-bond donors (Lipinski definition) is 1. The maximum atomic E-state index is 9.54. The topological polar surface area (TPSA) is 42.6 Å². The van der Waals surface area contributed by atoms with Gasteiger partial charge in [0.2, 0.25) is 8.32 Å². The second kappa shape index (κ2) is 4.05. The fourth-order valence-electron chi connectivity index (χ4n) is 1.51. The van der Waals surface area contributed by atoms with Crippen molar-refractivity contribution in [2.45, 2.75) is 38.9 Å². The Labute approximate surface area is 109 Å². The number of furan rings is 1. The van der Waals surface area contributed by atoms with Crippen molar-refractivity contribution >= 4 is 19.3 Å². The van der Waals surface area contributed by atoms with Crippen LogP contribution in [0.15, 0.2) is 28.9 Å². The number of benzene rings is 1. The molecule has 3 nitrogen and oxygen atoms in total. The van der Waals surface area contributed by atoms with Gasteiger partial charge in [-0.05, 0) is 30.3 Å². The van der Waals surface area contributed by atoms with E-state index in [1.54, 1.807) is 0 Å². The third kappa shape index (κ3) is 2.25. The average molecular weight is 264 g/mol. The van der Waals surface area contributed by atoms with Gasteiger partial charge >= 0.3 is 0 Å². The summed E-state index contributed by atoms with van der Waals surface area (Å²) in [7, 11) is -1.83. The minimum absolute atomic E-state index is 0.160. The molecule has 2 rings (SSSR count). The molecule has 98 valence electrons. The van der Waals surface area contributed by atoms with Gasteiger partial charge in [0.05, 0.1) is 5.39 Å². The Hall–Kier alpha value is -1.42. The van der Waals surface area contributed by atoms with Crippen LogP contribution in [-0.4, -0.2) is 13.4 Å². The Kier molecular flexibility index (Phi) is 2.93. The van der Waals surface area contributed by atoms with Crippen molar-refractivity contribution in [2.24, 2.45) is 0 Å². The molecule has 0 aliphatic carbocycles. The highest BCUT2D eigenvalue weighted by Crippen LogP contribution is 2.38. The number of aromatic hydroxyl groups is 1. The Morgan fingerprint density at radius 3 is 2.50 bits per heavy atom. The Morgan fingerprint density at radius 2 is 1.89 bits per heavy atom. The molecule has 0 radical (unpaired) electrons. The van der Waals surface area contributed by atoms with Crippen LogP contribution in [0.3, 0.4) is 0 Å². The quantitative estimate of drug-likeness (QED) is 0.811. The van der Waals surface area contributed by atoms with E-state index < -0.39 is 8.32 Å². The van der Waals surface area contributed by atoms with Crippen LogP contribution in [0.5, 0.6) is 11.5 Å². The van der Waals surface area contributed by atoms with Crippen molar-refractivity contribution in [1.29, 1.82) is 0 Å². The summed E-state index contributed by atoms with van der Waals surface area (Å²) < 4.78 is 11.5.